The Morgan fingerprint density at radius 1 is 1.00 bits per heavy atom. The SMILES string of the molecule is NC(=O)Nc1ccccc1C(=O)OOCc1ccccc1. The minimum absolute atomic E-state index is 0.137. The smallest absolute Gasteiger partial charge is 0.351 e. The Balaban J connectivity index is 1.96. The Hall–Kier alpha value is -2.86. The average molecular weight is 286 g/mol. The van der Waals surface area contributed by atoms with Gasteiger partial charge in [-0.3, -0.25) is 4.89 Å². The van der Waals surface area contributed by atoms with E-state index < -0.39 is 12.0 Å². The molecule has 0 bridgehead atoms. The monoisotopic (exact) mass is 286 g/mol. The van der Waals surface area contributed by atoms with Gasteiger partial charge in [-0.15, -0.1) is 0 Å². The van der Waals surface area contributed by atoms with Crippen molar-refractivity contribution >= 4 is 17.7 Å². The molecule has 0 radical (unpaired) electrons. The largest absolute Gasteiger partial charge is 0.375 e. The summed E-state index contributed by atoms with van der Waals surface area (Å²) >= 11 is 0. The topological polar surface area (TPSA) is 90.7 Å². The van der Waals surface area contributed by atoms with Crippen LogP contribution in [0.5, 0.6) is 0 Å². The lowest BCUT2D eigenvalue weighted by Crippen LogP contribution is -2.21. The highest BCUT2D eigenvalue weighted by atomic mass is 17.2. The van der Waals surface area contributed by atoms with E-state index in [0.29, 0.717) is 0 Å². The van der Waals surface area contributed by atoms with Crippen LogP contribution in [0.3, 0.4) is 0 Å². The van der Waals surface area contributed by atoms with Gasteiger partial charge in [0.2, 0.25) is 0 Å². The maximum atomic E-state index is 11.9. The molecule has 108 valence electrons. The van der Waals surface area contributed by atoms with Gasteiger partial charge in [0.1, 0.15) is 6.61 Å². The molecule has 0 fully saturated rings. The molecule has 2 amide bonds. The normalized spacial score (nSPS) is 9.90. The first-order chi connectivity index (χ1) is 10.2. The Morgan fingerprint density at radius 2 is 1.67 bits per heavy atom. The lowest BCUT2D eigenvalue weighted by molar-refractivity contribution is -0.250. The first-order valence-corrected chi connectivity index (χ1v) is 6.20. The zero-order valence-corrected chi connectivity index (χ0v) is 11.1. The first-order valence-electron chi connectivity index (χ1n) is 6.20. The molecule has 6 nitrogen and oxygen atoms in total. The highest BCUT2D eigenvalue weighted by Crippen LogP contribution is 2.16. The number of hydrogen-bond donors (Lipinski definition) is 2. The Kier molecular flexibility index (Phi) is 4.89. The zero-order chi connectivity index (χ0) is 15.1. The Morgan fingerprint density at radius 3 is 2.38 bits per heavy atom. The molecule has 0 aromatic heterocycles. The third kappa shape index (κ3) is 4.32. The molecular formula is C15H14N2O4. The summed E-state index contributed by atoms with van der Waals surface area (Å²) in [5, 5.41) is 2.34. The van der Waals surface area contributed by atoms with Crippen LogP contribution in [-0.2, 0) is 16.4 Å². The van der Waals surface area contributed by atoms with Crippen LogP contribution in [0.15, 0.2) is 54.6 Å². The van der Waals surface area contributed by atoms with E-state index in [9.17, 15) is 9.59 Å². The lowest BCUT2D eigenvalue weighted by atomic mass is 10.2. The number of nitrogens with two attached hydrogens (primary N) is 1. The molecule has 2 rings (SSSR count). The standard InChI is InChI=1S/C15H14N2O4/c16-15(19)17-13-9-5-4-8-12(13)14(18)21-20-10-11-6-2-1-3-7-11/h1-9H,10H2,(H3,16,17,19). The molecule has 21 heavy (non-hydrogen) atoms. The zero-order valence-electron chi connectivity index (χ0n) is 11.1. The molecule has 0 unspecified atom stereocenters. The number of para-hydroxylation sites is 1. The summed E-state index contributed by atoms with van der Waals surface area (Å²) in [5.74, 6) is -0.713. The highest BCUT2D eigenvalue weighted by Gasteiger charge is 2.14. The molecule has 6 heteroatoms. The molecular weight excluding hydrogens is 272 g/mol. The molecule has 0 aliphatic rings. The van der Waals surface area contributed by atoms with Gasteiger partial charge < -0.3 is 11.1 Å². The van der Waals surface area contributed by atoms with E-state index in [2.05, 4.69) is 5.32 Å². The summed E-state index contributed by atoms with van der Waals surface area (Å²) < 4.78 is 0. The summed E-state index contributed by atoms with van der Waals surface area (Å²) in [5.41, 5.74) is 6.32. The van der Waals surface area contributed by atoms with Crippen molar-refractivity contribution < 1.29 is 19.4 Å². The number of carbonyl (C=O) groups is 2. The van der Waals surface area contributed by atoms with Crippen molar-refractivity contribution in [2.24, 2.45) is 5.73 Å². The molecule has 0 aliphatic carbocycles. The van der Waals surface area contributed by atoms with Crippen LogP contribution in [0.2, 0.25) is 0 Å². The number of nitrogens with one attached hydrogen (secondary N) is 1. The van der Waals surface area contributed by atoms with Crippen LogP contribution in [0.25, 0.3) is 0 Å². The van der Waals surface area contributed by atoms with E-state index in [4.69, 9.17) is 15.5 Å². The summed E-state index contributed by atoms with van der Waals surface area (Å²) in [7, 11) is 0. The van der Waals surface area contributed by atoms with Gasteiger partial charge in [-0.1, -0.05) is 42.5 Å². The second kappa shape index (κ2) is 7.06. The number of amides is 2. The molecule has 3 N–H and O–H groups in total. The van der Waals surface area contributed by atoms with Crippen LogP contribution in [0, 0.1) is 0 Å². The number of rotatable bonds is 5. The third-order valence-electron chi connectivity index (χ3n) is 2.61. The summed E-state index contributed by atoms with van der Waals surface area (Å²) in [6.45, 7) is 0.137. The van der Waals surface area contributed by atoms with Gasteiger partial charge in [0.15, 0.2) is 0 Å². The van der Waals surface area contributed by atoms with Crippen molar-refractivity contribution in [2.75, 3.05) is 5.32 Å². The van der Waals surface area contributed by atoms with Crippen LogP contribution in [-0.4, -0.2) is 12.0 Å². The van der Waals surface area contributed by atoms with E-state index >= 15 is 0 Å². The van der Waals surface area contributed by atoms with Gasteiger partial charge >= 0.3 is 12.0 Å². The molecule has 2 aromatic rings. The number of carbonyl (C=O) groups excluding carboxylic acids is 2. The molecule has 0 spiro atoms. The van der Waals surface area contributed by atoms with Gasteiger partial charge in [-0.2, -0.15) is 4.89 Å². The maximum absolute atomic E-state index is 11.9. The van der Waals surface area contributed by atoms with Crippen molar-refractivity contribution in [3.05, 3.63) is 65.7 Å². The average Bonchev–Trinajstić information content (AvgIpc) is 2.48. The fourth-order valence-corrected chi connectivity index (χ4v) is 1.67. The van der Waals surface area contributed by atoms with Gasteiger partial charge in [0, 0.05) is 0 Å². The number of primary amides is 1. The summed E-state index contributed by atoms with van der Waals surface area (Å²) in [6, 6.07) is 14.8. The lowest BCUT2D eigenvalue weighted by Gasteiger charge is -2.08. The number of hydrogen-bond acceptors (Lipinski definition) is 4. The molecule has 0 aliphatic heterocycles. The van der Waals surface area contributed by atoms with Gasteiger partial charge in [-0.25, -0.2) is 9.59 Å². The van der Waals surface area contributed by atoms with E-state index in [1.165, 1.54) is 6.07 Å². The fourth-order valence-electron chi connectivity index (χ4n) is 1.67. The summed E-state index contributed by atoms with van der Waals surface area (Å²) in [4.78, 5) is 32.4. The number of urea groups is 1. The van der Waals surface area contributed by atoms with E-state index in [1.54, 1.807) is 18.2 Å². The van der Waals surface area contributed by atoms with Gasteiger partial charge in [0.25, 0.3) is 0 Å². The van der Waals surface area contributed by atoms with Crippen molar-refractivity contribution in [1.29, 1.82) is 0 Å². The fraction of sp³-hybridized carbons (Fsp3) is 0.0667. The van der Waals surface area contributed by atoms with Crippen molar-refractivity contribution in [3.63, 3.8) is 0 Å². The third-order valence-corrected chi connectivity index (χ3v) is 2.61. The highest BCUT2D eigenvalue weighted by molar-refractivity contribution is 6.00. The minimum Gasteiger partial charge on any atom is -0.351 e. The molecule has 0 saturated carbocycles. The van der Waals surface area contributed by atoms with Crippen molar-refractivity contribution in [3.8, 4) is 0 Å². The van der Waals surface area contributed by atoms with Crippen molar-refractivity contribution in [1.82, 2.24) is 0 Å². The van der Waals surface area contributed by atoms with E-state index in [0.717, 1.165) is 5.56 Å². The predicted octanol–water partition coefficient (Wildman–Crippen LogP) is 2.47. The maximum Gasteiger partial charge on any atom is 0.375 e. The van der Waals surface area contributed by atoms with Gasteiger partial charge in [-0.05, 0) is 17.7 Å². The van der Waals surface area contributed by atoms with Crippen LogP contribution >= 0.6 is 0 Å². The number of benzene rings is 2. The van der Waals surface area contributed by atoms with Crippen LogP contribution in [0.4, 0.5) is 10.5 Å². The quantitative estimate of drug-likeness (QED) is 0.652. The number of anilines is 1. The molecule has 0 heterocycles. The predicted molar refractivity (Wildman–Crippen MR) is 76.3 cm³/mol. The van der Waals surface area contributed by atoms with Crippen LogP contribution in [0.1, 0.15) is 15.9 Å². The minimum atomic E-state index is -0.763. The van der Waals surface area contributed by atoms with Crippen molar-refractivity contribution in [2.45, 2.75) is 6.61 Å². The first kappa shape index (κ1) is 14.5. The second-order valence-electron chi connectivity index (χ2n) is 4.15. The van der Waals surface area contributed by atoms with E-state index in [1.807, 2.05) is 30.3 Å². The molecule has 2 aromatic carbocycles. The Bertz CT molecular complexity index is 629. The second-order valence-corrected chi connectivity index (χ2v) is 4.15. The Labute approximate surface area is 121 Å². The molecule has 0 atom stereocenters. The van der Waals surface area contributed by atoms with E-state index in [-0.39, 0.29) is 17.9 Å². The van der Waals surface area contributed by atoms with Crippen LogP contribution < -0.4 is 11.1 Å². The summed E-state index contributed by atoms with van der Waals surface area (Å²) in [6.07, 6.45) is 0. The molecule has 0 saturated heterocycles. The van der Waals surface area contributed by atoms with Gasteiger partial charge in [0.05, 0.1) is 11.3 Å².